The van der Waals surface area contributed by atoms with E-state index in [1.54, 1.807) is 0 Å². The Morgan fingerprint density at radius 1 is 1.37 bits per heavy atom. The maximum atomic E-state index is 11.9. The van der Waals surface area contributed by atoms with E-state index in [1.165, 1.54) is 23.0 Å². The molecule has 19 heavy (non-hydrogen) atoms. The van der Waals surface area contributed by atoms with Gasteiger partial charge in [0.1, 0.15) is 13.1 Å². The number of rotatable bonds is 4. The Morgan fingerprint density at radius 3 is 2.74 bits per heavy atom. The molecule has 0 fully saturated rings. The molecule has 1 heterocycles. The van der Waals surface area contributed by atoms with E-state index in [9.17, 15) is 14.4 Å². The Labute approximate surface area is 114 Å². The van der Waals surface area contributed by atoms with Crippen LogP contribution in [0.1, 0.15) is 23.4 Å². The molecule has 6 nitrogen and oxygen atoms in total. The van der Waals surface area contributed by atoms with E-state index < -0.39 is 5.97 Å². The van der Waals surface area contributed by atoms with Gasteiger partial charge in [-0.1, -0.05) is 11.3 Å². The van der Waals surface area contributed by atoms with Gasteiger partial charge in [0.25, 0.3) is 0 Å². The van der Waals surface area contributed by atoms with Gasteiger partial charge < -0.3 is 10.0 Å². The number of carboxylic acids is 1. The lowest BCUT2D eigenvalue weighted by Crippen LogP contribution is -2.36. The predicted octanol–water partition coefficient (Wildman–Crippen LogP) is 0.332. The SMILES string of the molecule is CN(CC(=O)O)C(=O)Cn1c2c(sc1=O)CCCC2. The molecule has 1 aromatic rings. The van der Waals surface area contributed by atoms with E-state index in [1.807, 2.05) is 0 Å². The molecule has 1 aliphatic rings. The first-order chi connectivity index (χ1) is 8.99. The van der Waals surface area contributed by atoms with Crippen molar-refractivity contribution in [2.24, 2.45) is 0 Å². The number of carbonyl (C=O) groups excluding carboxylic acids is 1. The van der Waals surface area contributed by atoms with Crippen molar-refractivity contribution in [3.8, 4) is 0 Å². The van der Waals surface area contributed by atoms with Crippen LogP contribution in [0.2, 0.25) is 0 Å². The highest BCUT2D eigenvalue weighted by atomic mass is 32.1. The van der Waals surface area contributed by atoms with Crippen LogP contribution in [0.5, 0.6) is 0 Å². The topological polar surface area (TPSA) is 79.6 Å². The van der Waals surface area contributed by atoms with Gasteiger partial charge >= 0.3 is 10.8 Å². The Morgan fingerprint density at radius 2 is 2.05 bits per heavy atom. The molecule has 0 radical (unpaired) electrons. The minimum absolute atomic E-state index is 0.0611. The van der Waals surface area contributed by atoms with E-state index in [-0.39, 0.29) is 23.9 Å². The van der Waals surface area contributed by atoms with Crippen molar-refractivity contribution < 1.29 is 14.7 Å². The van der Waals surface area contributed by atoms with Crippen LogP contribution >= 0.6 is 11.3 Å². The van der Waals surface area contributed by atoms with Crippen molar-refractivity contribution >= 4 is 23.2 Å². The molecule has 1 aliphatic carbocycles. The molecule has 104 valence electrons. The molecule has 2 rings (SSSR count). The van der Waals surface area contributed by atoms with Gasteiger partial charge in [-0.05, 0) is 25.7 Å². The van der Waals surface area contributed by atoms with Crippen LogP contribution in [0.25, 0.3) is 0 Å². The van der Waals surface area contributed by atoms with Crippen LogP contribution in [0.15, 0.2) is 4.79 Å². The highest BCUT2D eigenvalue weighted by molar-refractivity contribution is 7.09. The van der Waals surface area contributed by atoms with Crippen molar-refractivity contribution in [3.63, 3.8) is 0 Å². The molecule has 0 saturated carbocycles. The van der Waals surface area contributed by atoms with Crippen LogP contribution in [0.3, 0.4) is 0 Å². The molecule has 0 bridgehead atoms. The monoisotopic (exact) mass is 284 g/mol. The number of aryl methyl sites for hydroxylation is 1. The van der Waals surface area contributed by atoms with Gasteiger partial charge in [-0.2, -0.15) is 0 Å². The summed E-state index contributed by atoms with van der Waals surface area (Å²) in [6, 6.07) is 0. The van der Waals surface area contributed by atoms with Gasteiger partial charge in [0, 0.05) is 17.6 Å². The first-order valence-electron chi connectivity index (χ1n) is 6.16. The van der Waals surface area contributed by atoms with Crippen molar-refractivity contribution in [3.05, 3.63) is 20.2 Å². The van der Waals surface area contributed by atoms with Gasteiger partial charge in [0.15, 0.2) is 0 Å². The number of carboxylic acid groups (broad SMARTS) is 1. The average Bonchev–Trinajstić information content (AvgIpc) is 2.65. The zero-order chi connectivity index (χ0) is 14.0. The molecule has 1 amide bonds. The number of likely N-dealkylation sites (N-methyl/N-ethyl adjacent to an activating group) is 1. The second-order valence-corrected chi connectivity index (χ2v) is 5.72. The summed E-state index contributed by atoms with van der Waals surface area (Å²) >= 11 is 1.20. The van der Waals surface area contributed by atoms with E-state index >= 15 is 0 Å². The van der Waals surface area contributed by atoms with Crippen LogP contribution in [-0.2, 0) is 29.0 Å². The molecule has 0 saturated heterocycles. The maximum absolute atomic E-state index is 11.9. The van der Waals surface area contributed by atoms with Gasteiger partial charge in [-0.15, -0.1) is 0 Å². The molecule has 0 spiro atoms. The third-order valence-corrected chi connectivity index (χ3v) is 4.32. The van der Waals surface area contributed by atoms with Gasteiger partial charge in [-0.3, -0.25) is 19.0 Å². The fourth-order valence-corrected chi connectivity index (χ4v) is 3.31. The molecule has 0 aliphatic heterocycles. The number of aliphatic carboxylic acids is 1. The molecule has 7 heteroatoms. The number of hydrogen-bond donors (Lipinski definition) is 1. The summed E-state index contributed by atoms with van der Waals surface area (Å²) in [4.78, 5) is 36.4. The Balaban J connectivity index is 2.15. The molecular formula is C12H16N2O4S. The molecule has 0 aromatic carbocycles. The maximum Gasteiger partial charge on any atom is 0.323 e. The molecular weight excluding hydrogens is 268 g/mol. The summed E-state index contributed by atoms with van der Waals surface area (Å²) in [7, 11) is 1.43. The van der Waals surface area contributed by atoms with E-state index in [2.05, 4.69) is 0 Å². The number of hydrogen-bond acceptors (Lipinski definition) is 4. The van der Waals surface area contributed by atoms with Crippen molar-refractivity contribution in [2.75, 3.05) is 13.6 Å². The lowest BCUT2D eigenvalue weighted by molar-refractivity contribution is -0.143. The first-order valence-corrected chi connectivity index (χ1v) is 6.98. The summed E-state index contributed by atoms with van der Waals surface area (Å²) in [6.45, 7) is -0.408. The average molecular weight is 284 g/mol. The third kappa shape index (κ3) is 3.04. The van der Waals surface area contributed by atoms with Crippen LogP contribution < -0.4 is 4.87 Å². The van der Waals surface area contributed by atoms with Crippen LogP contribution in [0.4, 0.5) is 0 Å². The molecule has 0 unspecified atom stereocenters. The summed E-state index contributed by atoms with van der Waals surface area (Å²) in [5, 5.41) is 8.65. The lowest BCUT2D eigenvalue weighted by atomic mass is 10.0. The number of aromatic nitrogens is 1. The minimum atomic E-state index is -1.06. The van der Waals surface area contributed by atoms with E-state index in [0.717, 1.165) is 41.2 Å². The first kappa shape index (κ1) is 13.8. The third-order valence-electron chi connectivity index (χ3n) is 3.24. The largest absolute Gasteiger partial charge is 0.480 e. The Bertz CT molecular complexity index is 561. The van der Waals surface area contributed by atoms with E-state index in [0.29, 0.717) is 0 Å². The number of carbonyl (C=O) groups is 2. The smallest absolute Gasteiger partial charge is 0.323 e. The number of fused-ring (bicyclic) bond motifs is 1. The van der Waals surface area contributed by atoms with Crippen LogP contribution in [-0.4, -0.2) is 40.0 Å². The van der Waals surface area contributed by atoms with Gasteiger partial charge in [0.05, 0.1) is 0 Å². The standard InChI is InChI=1S/C12H16N2O4S/c1-13(7-11(16)17)10(15)6-14-8-4-2-3-5-9(8)19-12(14)18/h2-7H2,1H3,(H,16,17). The Kier molecular flexibility index (Phi) is 4.04. The lowest BCUT2D eigenvalue weighted by Gasteiger charge is -2.17. The molecule has 1 N–H and O–H groups in total. The summed E-state index contributed by atoms with van der Waals surface area (Å²) in [5.41, 5.74) is 0.957. The second-order valence-electron chi connectivity index (χ2n) is 4.67. The van der Waals surface area contributed by atoms with Crippen molar-refractivity contribution in [1.29, 1.82) is 0 Å². The fourth-order valence-electron chi connectivity index (χ4n) is 2.23. The highest BCUT2D eigenvalue weighted by Crippen LogP contribution is 2.23. The quantitative estimate of drug-likeness (QED) is 0.864. The van der Waals surface area contributed by atoms with Crippen LogP contribution in [0, 0.1) is 0 Å². The summed E-state index contributed by atoms with van der Waals surface area (Å²) < 4.78 is 1.50. The van der Waals surface area contributed by atoms with Gasteiger partial charge in [-0.25, -0.2) is 0 Å². The summed E-state index contributed by atoms with van der Waals surface area (Å²) in [5.74, 6) is -1.41. The Hall–Kier alpha value is -1.63. The van der Waals surface area contributed by atoms with Crippen molar-refractivity contribution in [1.82, 2.24) is 9.47 Å². The van der Waals surface area contributed by atoms with E-state index in [4.69, 9.17) is 5.11 Å². The predicted molar refractivity (Wildman–Crippen MR) is 70.5 cm³/mol. The zero-order valence-electron chi connectivity index (χ0n) is 10.7. The molecule has 1 aromatic heterocycles. The minimum Gasteiger partial charge on any atom is -0.480 e. The highest BCUT2D eigenvalue weighted by Gasteiger charge is 2.21. The number of nitrogens with zero attached hydrogens (tertiary/aromatic N) is 2. The number of amides is 1. The normalized spacial score (nSPS) is 13.9. The van der Waals surface area contributed by atoms with Gasteiger partial charge in [0.2, 0.25) is 5.91 Å². The molecule has 0 atom stereocenters. The van der Waals surface area contributed by atoms with Crippen molar-refractivity contribution in [2.45, 2.75) is 32.2 Å². The fraction of sp³-hybridized carbons (Fsp3) is 0.583. The summed E-state index contributed by atoms with van der Waals surface area (Å²) in [6.07, 6.45) is 3.84. The number of thiazole rings is 1. The zero-order valence-corrected chi connectivity index (χ0v) is 11.5. The second kappa shape index (κ2) is 5.56.